The first-order chi connectivity index (χ1) is 8.97. The first-order valence-electron chi connectivity index (χ1n) is 6.86. The van der Waals surface area contributed by atoms with Gasteiger partial charge in [-0.15, -0.1) is 5.17 Å². The van der Waals surface area contributed by atoms with E-state index in [4.69, 9.17) is 4.74 Å². The van der Waals surface area contributed by atoms with Gasteiger partial charge in [-0.05, 0) is 26.7 Å². The molecule has 0 radical (unpaired) electrons. The number of Topliss-reactive ketones (excluding diaryl/α,β-unsaturated/α-hetero) is 1. The van der Waals surface area contributed by atoms with Gasteiger partial charge in [0.25, 0.3) is 0 Å². The lowest BCUT2D eigenvalue weighted by Crippen LogP contribution is -2.50. The van der Waals surface area contributed by atoms with Crippen LogP contribution in [0.2, 0.25) is 0 Å². The molecule has 0 rings (SSSR count). The SMILES string of the molecule is COCC(NN(O)CCCCCCC(C)=O)C(C)O. The Morgan fingerprint density at radius 2 is 1.95 bits per heavy atom. The highest BCUT2D eigenvalue weighted by Gasteiger charge is 2.16. The number of unbranched alkanes of at least 4 members (excludes halogenated alkanes) is 3. The second-order valence-corrected chi connectivity index (χ2v) is 4.92. The van der Waals surface area contributed by atoms with Crippen molar-refractivity contribution in [2.24, 2.45) is 0 Å². The van der Waals surface area contributed by atoms with Crippen LogP contribution in [-0.4, -0.2) is 53.7 Å². The number of ketones is 1. The number of aliphatic hydroxyl groups is 1. The number of carbonyl (C=O) groups excluding carboxylic acids is 1. The number of hydrogen-bond donors (Lipinski definition) is 3. The molecular weight excluding hydrogens is 248 g/mol. The third-order valence-corrected chi connectivity index (χ3v) is 2.89. The molecule has 0 heterocycles. The first-order valence-corrected chi connectivity index (χ1v) is 6.86. The van der Waals surface area contributed by atoms with Gasteiger partial charge in [-0.2, -0.15) is 0 Å². The van der Waals surface area contributed by atoms with Crippen molar-refractivity contribution in [2.45, 2.75) is 58.1 Å². The number of hydrogen-bond acceptors (Lipinski definition) is 6. The summed E-state index contributed by atoms with van der Waals surface area (Å²) < 4.78 is 4.95. The Labute approximate surface area is 115 Å². The molecule has 0 saturated heterocycles. The zero-order valence-electron chi connectivity index (χ0n) is 12.3. The highest BCUT2D eigenvalue weighted by Crippen LogP contribution is 2.04. The van der Waals surface area contributed by atoms with E-state index in [2.05, 4.69) is 5.43 Å². The molecule has 6 nitrogen and oxygen atoms in total. The highest BCUT2D eigenvalue weighted by molar-refractivity contribution is 5.75. The Kier molecular flexibility index (Phi) is 11.0. The number of methoxy groups -OCH3 is 1. The lowest BCUT2D eigenvalue weighted by molar-refractivity contribution is -0.159. The molecule has 114 valence electrons. The van der Waals surface area contributed by atoms with Crippen molar-refractivity contribution >= 4 is 5.78 Å². The number of hydroxylamine groups is 1. The fourth-order valence-electron chi connectivity index (χ4n) is 1.71. The fourth-order valence-corrected chi connectivity index (χ4v) is 1.71. The molecule has 2 unspecified atom stereocenters. The maximum atomic E-state index is 10.7. The van der Waals surface area contributed by atoms with Crippen LogP contribution in [0.25, 0.3) is 0 Å². The van der Waals surface area contributed by atoms with Gasteiger partial charge in [-0.25, -0.2) is 5.43 Å². The van der Waals surface area contributed by atoms with Gasteiger partial charge in [-0.1, -0.05) is 12.8 Å². The summed E-state index contributed by atoms with van der Waals surface area (Å²) in [5.41, 5.74) is 2.79. The second kappa shape index (κ2) is 11.3. The molecule has 0 amide bonds. The Balaban J connectivity index is 3.62. The zero-order chi connectivity index (χ0) is 14.7. The van der Waals surface area contributed by atoms with Gasteiger partial charge in [0.15, 0.2) is 0 Å². The van der Waals surface area contributed by atoms with Crippen LogP contribution in [-0.2, 0) is 9.53 Å². The molecule has 0 bridgehead atoms. The molecule has 3 N–H and O–H groups in total. The van der Waals surface area contributed by atoms with Crippen LogP contribution in [0.15, 0.2) is 0 Å². The predicted octanol–water partition coefficient (Wildman–Crippen LogP) is 1.12. The molecule has 0 spiro atoms. The van der Waals surface area contributed by atoms with Gasteiger partial charge >= 0.3 is 0 Å². The smallest absolute Gasteiger partial charge is 0.129 e. The molecule has 0 aliphatic heterocycles. The van der Waals surface area contributed by atoms with Crippen LogP contribution in [0.4, 0.5) is 0 Å². The lowest BCUT2D eigenvalue weighted by Gasteiger charge is -2.25. The van der Waals surface area contributed by atoms with E-state index in [1.807, 2.05) is 0 Å². The van der Waals surface area contributed by atoms with Crippen molar-refractivity contribution in [1.82, 2.24) is 10.6 Å². The molecule has 0 fully saturated rings. The topological polar surface area (TPSA) is 82.0 Å². The fraction of sp³-hybridized carbons (Fsp3) is 0.923. The number of nitrogens with one attached hydrogen (secondary N) is 1. The van der Waals surface area contributed by atoms with Crippen molar-refractivity contribution in [3.05, 3.63) is 0 Å². The minimum Gasteiger partial charge on any atom is -0.392 e. The van der Waals surface area contributed by atoms with Gasteiger partial charge in [0, 0.05) is 20.1 Å². The first kappa shape index (κ1) is 18.5. The third kappa shape index (κ3) is 11.0. The summed E-state index contributed by atoms with van der Waals surface area (Å²) in [6.07, 6.45) is 3.74. The Hall–Kier alpha value is -0.530. The van der Waals surface area contributed by atoms with Crippen molar-refractivity contribution in [1.29, 1.82) is 0 Å². The summed E-state index contributed by atoms with van der Waals surface area (Å²) in [5.74, 6) is 0.227. The normalized spacial score (nSPS) is 14.6. The zero-order valence-corrected chi connectivity index (χ0v) is 12.3. The van der Waals surface area contributed by atoms with E-state index in [0.29, 0.717) is 19.6 Å². The van der Waals surface area contributed by atoms with Gasteiger partial charge < -0.3 is 14.6 Å². The molecular formula is C13H28N2O4. The van der Waals surface area contributed by atoms with Gasteiger partial charge in [0.1, 0.15) is 5.78 Å². The van der Waals surface area contributed by atoms with Gasteiger partial charge in [-0.3, -0.25) is 5.21 Å². The van der Waals surface area contributed by atoms with Crippen molar-refractivity contribution in [2.75, 3.05) is 20.3 Å². The molecule has 6 heteroatoms. The van der Waals surface area contributed by atoms with Crippen molar-refractivity contribution < 1.29 is 19.8 Å². The standard InChI is InChI=1S/C13H28N2O4/c1-11(16)8-6-4-5-7-9-15(18)14-13(10-19-3)12(2)17/h12-14,17-18H,4-10H2,1-3H3. The number of nitrogens with zero attached hydrogens (tertiary/aromatic N) is 1. The molecule has 0 aromatic rings. The summed E-state index contributed by atoms with van der Waals surface area (Å²) in [5, 5.41) is 20.1. The maximum Gasteiger partial charge on any atom is 0.129 e. The van der Waals surface area contributed by atoms with Crippen LogP contribution < -0.4 is 5.43 Å². The van der Waals surface area contributed by atoms with E-state index in [-0.39, 0.29) is 11.8 Å². The highest BCUT2D eigenvalue weighted by atomic mass is 16.5. The minimum atomic E-state index is -0.606. The largest absolute Gasteiger partial charge is 0.392 e. The summed E-state index contributed by atoms with van der Waals surface area (Å²) in [6, 6.07) is -0.326. The van der Waals surface area contributed by atoms with E-state index in [1.165, 1.54) is 0 Å². The number of carbonyl (C=O) groups is 1. The van der Waals surface area contributed by atoms with Gasteiger partial charge in [0.2, 0.25) is 0 Å². The average molecular weight is 276 g/mol. The molecule has 0 aromatic carbocycles. The monoisotopic (exact) mass is 276 g/mol. The van der Waals surface area contributed by atoms with E-state index < -0.39 is 6.10 Å². The number of rotatable bonds is 12. The third-order valence-electron chi connectivity index (χ3n) is 2.89. The maximum absolute atomic E-state index is 10.7. The Morgan fingerprint density at radius 3 is 2.47 bits per heavy atom. The molecule has 0 saturated carbocycles. The molecule has 19 heavy (non-hydrogen) atoms. The number of hydrazine groups is 1. The lowest BCUT2D eigenvalue weighted by atomic mass is 10.1. The summed E-state index contributed by atoms with van der Waals surface area (Å²) >= 11 is 0. The minimum absolute atomic E-state index is 0.227. The quantitative estimate of drug-likeness (QED) is 0.366. The molecule has 2 atom stereocenters. The van der Waals surface area contributed by atoms with E-state index in [1.54, 1.807) is 21.0 Å². The summed E-state index contributed by atoms with van der Waals surface area (Å²) in [4.78, 5) is 10.7. The summed E-state index contributed by atoms with van der Waals surface area (Å²) in [7, 11) is 1.55. The van der Waals surface area contributed by atoms with E-state index in [0.717, 1.165) is 30.9 Å². The summed E-state index contributed by atoms with van der Waals surface area (Å²) in [6.45, 7) is 4.05. The van der Waals surface area contributed by atoms with E-state index >= 15 is 0 Å². The van der Waals surface area contributed by atoms with Crippen LogP contribution >= 0.6 is 0 Å². The Bertz CT molecular complexity index is 237. The van der Waals surface area contributed by atoms with Crippen molar-refractivity contribution in [3.63, 3.8) is 0 Å². The number of aliphatic hydroxyl groups excluding tert-OH is 1. The van der Waals surface area contributed by atoms with Gasteiger partial charge in [0.05, 0.1) is 18.8 Å². The number of ether oxygens (including phenoxy) is 1. The van der Waals surface area contributed by atoms with Crippen LogP contribution in [0.5, 0.6) is 0 Å². The molecule has 0 aromatic heterocycles. The average Bonchev–Trinajstić information content (AvgIpc) is 2.32. The van der Waals surface area contributed by atoms with Crippen molar-refractivity contribution in [3.8, 4) is 0 Å². The second-order valence-electron chi connectivity index (χ2n) is 4.92. The van der Waals surface area contributed by atoms with E-state index in [9.17, 15) is 15.1 Å². The van der Waals surface area contributed by atoms with Crippen LogP contribution in [0, 0.1) is 0 Å². The molecule has 0 aliphatic rings. The van der Waals surface area contributed by atoms with Crippen LogP contribution in [0.3, 0.4) is 0 Å². The van der Waals surface area contributed by atoms with Crippen LogP contribution in [0.1, 0.15) is 46.0 Å². The molecule has 0 aliphatic carbocycles. The Morgan fingerprint density at radius 1 is 1.32 bits per heavy atom. The predicted molar refractivity (Wildman–Crippen MR) is 72.7 cm³/mol.